The zero-order valence-corrected chi connectivity index (χ0v) is 19.8. The first-order chi connectivity index (χ1) is 16.9. The second-order valence-electron chi connectivity index (χ2n) is 9.68. The summed E-state index contributed by atoms with van der Waals surface area (Å²) in [6.07, 6.45) is 3.53. The van der Waals surface area contributed by atoms with Crippen molar-refractivity contribution in [1.82, 2.24) is 14.5 Å². The maximum Gasteiger partial charge on any atom is 0.142 e. The van der Waals surface area contributed by atoms with Crippen molar-refractivity contribution >= 4 is 27.6 Å². The van der Waals surface area contributed by atoms with Crippen LogP contribution in [0.15, 0.2) is 48.8 Å². The maximum atomic E-state index is 10.9. The van der Waals surface area contributed by atoms with Crippen LogP contribution in [0.3, 0.4) is 0 Å². The van der Waals surface area contributed by atoms with E-state index in [0.717, 1.165) is 42.7 Å². The largest absolute Gasteiger partial charge is 0.507 e. The molecule has 4 aromatic rings. The normalized spacial score (nSPS) is 15.3. The van der Waals surface area contributed by atoms with E-state index in [9.17, 15) is 15.3 Å². The quantitative estimate of drug-likeness (QED) is 0.320. The van der Waals surface area contributed by atoms with Gasteiger partial charge in [0.05, 0.1) is 42.1 Å². The number of para-hydroxylation sites is 1. The number of nitrogens with zero attached hydrogens (tertiary/aromatic N) is 4. The molecule has 0 radical (unpaired) electrons. The lowest BCUT2D eigenvalue weighted by molar-refractivity contribution is 0.0287. The van der Waals surface area contributed by atoms with Crippen LogP contribution in [0.4, 0.5) is 5.69 Å². The van der Waals surface area contributed by atoms with Gasteiger partial charge in [0.1, 0.15) is 23.6 Å². The number of hydrogen-bond donors (Lipinski definition) is 4. The van der Waals surface area contributed by atoms with Crippen LogP contribution < -0.4 is 15.4 Å². The molecule has 1 saturated heterocycles. The Morgan fingerprint density at radius 1 is 1.11 bits per heavy atom. The molecule has 0 amide bonds. The van der Waals surface area contributed by atoms with Gasteiger partial charge in [0.25, 0.3) is 0 Å². The number of anilines is 1. The minimum atomic E-state index is -0.724. The standard InChI is InChI=1S/C26H31N5O4/c1-26(13-32,14-33)15-35-18-5-6-21-20(11-18)28-16-31(21)24-12-23(34)19-3-2-4-22(25(19)29-24)30-9-7-17(27)8-10-30/h2-6,11-12,16-17,32-33H,7-10,13-15,27H2,1H3,(H,29,34). The first-order valence-corrected chi connectivity index (χ1v) is 11.9. The smallest absolute Gasteiger partial charge is 0.142 e. The molecule has 0 atom stereocenters. The first-order valence-electron chi connectivity index (χ1n) is 11.9. The van der Waals surface area contributed by atoms with Crippen molar-refractivity contribution in [1.29, 1.82) is 0 Å². The van der Waals surface area contributed by atoms with Crippen LogP contribution in [0.1, 0.15) is 19.8 Å². The molecule has 2 aromatic carbocycles. The molecule has 184 valence electrons. The summed E-state index contributed by atoms with van der Waals surface area (Å²) in [6.45, 7) is 3.29. The molecule has 5 rings (SSSR count). The van der Waals surface area contributed by atoms with Gasteiger partial charge in [-0.05, 0) is 37.1 Å². The Morgan fingerprint density at radius 3 is 2.63 bits per heavy atom. The molecule has 5 N–H and O–H groups in total. The lowest BCUT2D eigenvalue weighted by Crippen LogP contribution is -2.39. The van der Waals surface area contributed by atoms with Crippen LogP contribution in [0.25, 0.3) is 27.8 Å². The highest BCUT2D eigenvalue weighted by atomic mass is 16.5. The van der Waals surface area contributed by atoms with E-state index < -0.39 is 5.41 Å². The van der Waals surface area contributed by atoms with Crippen molar-refractivity contribution in [3.8, 4) is 17.3 Å². The van der Waals surface area contributed by atoms with Gasteiger partial charge in [-0.2, -0.15) is 0 Å². The second-order valence-corrected chi connectivity index (χ2v) is 9.68. The van der Waals surface area contributed by atoms with Gasteiger partial charge in [-0.1, -0.05) is 13.0 Å². The monoisotopic (exact) mass is 477 g/mol. The lowest BCUT2D eigenvalue weighted by atomic mass is 9.94. The molecule has 0 unspecified atom stereocenters. The summed E-state index contributed by atoms with van der Waals surface area (Å²) in [7, 11) is 0. The van der Waals surface area contributed by atoms with Crippen molar-refractivity contribution in [3.05, 3.63) is 48.8 Å². The molecule has 1 fully saturated rings. The molecule has 9 nitrogen and oxygen atoms in total. The zero-order valence-electron chi connectivity index (χ0n) is 19.8. The van der Waals surface area contributed by atoms with Gasteiger partial charge in [0.15, 0.2) is 0 Å². The Labute approximate surface area is 203 Å². The number of aliphatic hydroxyl groups is 2. The highest BCUT2D eigenvalue weighted by Crippen LogP contribution is 2.34. The predicted octanol–water partition coefficient (Wildman–Crippen LogP) is 2.58. The zero-order chi connectivity index (χ0) is 24.6. The Balaban J connectivity index is 1.49. The molecule has 3 heterocycles. The van der Waals surface area contributed by atoms with Crippen molar-refractivity contribution in [2.24, 2.45) is 11.1 Å². The van der Waals surface area contributed by atoms with E-state index in [0.29, 0.717) is 22.5 Å². The summed E-state index contributed by atoms with van der Waals surface area (Å²) in [5, 5.41) is 30.5. The third-order valence-electron chi connectivity index (χ3n) is 6.78. The van der Waals surface area contributed by atoms with E-state index in [2.05, 4.69) is 9.88 Å². The van der Waals surface area contributed by atoms with Crippen LogP contribution in [0.5, 0.6) is 11.5 Å². The predicted molar refractivity (Wildman–Crippen MR) is 135 cm³/mol. The Kier molecular flexibility index (Phi) is 6.22. The number of imidazole rings is 1. The first kappa shape index (κ1) is 23.3. The number of rotatable bonds is 7. The van der Waals surface area contributed by atoms with Crippen LogP contribution in [-0.2, 0) is 0 Å². The topological polar surface area (TPSA) is 130 Å². The molecule has 0 saturated carbocycles. The van der Waals surface area contributed by atoms with E-state index in [1.807, 2.05) is 41.0 Å². The van der Waals surface area contributed by atoms with Gasteiger partial charge in [0.2, 0.25) is 0 Å². The number of nitrogens with two attached hydrogens (primary N) is 1. The molecular formula is C26H31N5O4. The molecule has 0 aliphatic carbocycles. The molecule has 1 aliphatic heterocycles. The average molecular weight is 478 g/mol. The average Bonchev–Trinajstić information content (AvgIpc) is 3.31. The fraction of sp³-hybridized carbons (Fsp3) is 0.385. The molecule has 0 spiro atoms. The molecule has 35 heavy (non-hydrogen) atoms. The molecular weight excluding hydrogens is 446 g/mol. The minimum absolute atomic E-state index is 0.162. The maximum absolute atomic E-state index is 10.9. The lowest BCUT2D eigenvalue weighted by Gasteiger charge is -2.32. The summed E-state index contributed by atoms with van der Waals surface area (Å²) in [6, 6.07) is 13.3. The van der Waals surface area contributed by atoms with Crippen molar-refractivity contribution in [2.75, 3.05) is 37.8 Å². The van der Waals surface area contributed by atoms with Gasteiger partial charge < -0.3 is 30.7 Å². The summed E-state index contributed by atoms with van der Waals surface area (Å²) >= 11 is 0. The molecule has 0 bridgehead atoms. The third-order valence-corrected chi connectivity index (χ3v) is 6.78. The summed E-state index contributed by atoms with van der Waals surface area (Å²) in [4.78, 5) is 11.7. The summed E-state index contributed by atoms with van der Waals surface area (Å²) in [5.74, 6) is 1.32. The number of hydrogen-bond acceptors (Lipinski definition) is 8. The fourth-order valence-electron chi connectivity index (χ4n) is 4.39. The number of fused-ring (bicyclic) bond motifs is 2. The van der Waals surface area contributed by atoms with Crippen LogP contribution >= 0.6 is 0 Å². The van der Waals surface area contributed by atoms with Crippen LogP contribution in [0.2, 0.25) is 0 Å². The SMILES string of the molecule is CC(CO)(CO)COc1ccc2c(c1)ncn2-c1cc(O)c2cccc(N3CCC(N)CC3)c2n1. The van der Waals surface area contributed by atoms with E-state index in [4.69, 9.17) is 15.5 Å². The van der Waals surface area contributed by atoms with Crippen molar-refractivity contribution < 1.29 is 20.1 Å². The second kappa shape index (κ2) is 9.33. The van der Waals surface area contributed by atoms with Gasteiger partial charge in [-0.3, -0.25) is 4.57 Å². The fourth-order valence-corrected chi connectivity index (χ4v) is 4.39. The molecule has 1 aliphatic rings. The number of piperidine rings is 1. The number of aromatic nitrogens is 3. The number of aromatic hydroxyl groups is 1. The summed E-state index contributed by atoms with van der Waals surface area (Å²) < 4.78 is 7.64. The van der Waals surface area contributed by atoms with Gasteiger partial charge >= 0.3 is 0 Å². The highest BCUT2D eigenvalue weighted by molar-refractivity contribution is 5.95. The highest BCUT2D eigenvalue weighted by Gasteiger charge is 2.24. The third kappa shape index (κ3) is 4.50. The number of aliphatic hydroxyl groups excluding tert-OH is 2. The minimum Gasteiger partial charge on any atom is -0.507 e. The van der Waals surface area contributed by atoms with Crippen molar-refractivity contribution in [2.45, 2.75) is 25.8 Å². The molecule has 2 aromatic heterocycles. The Hall–Kier alpha value is -3.40. The number of ether oxygens (including phenoxy) is 1. The van der Waals surface area contributed by atoms with Gasteiger partial charge in [-0.15, -0.1) is 0 Å². The van der Waals surface area contributed by atoms with E-state index in [1.165, 1.54) is 0 Å². The van der Waals surface area contributed by atoms with Crippen LogP contribution in [-0.4, -0.2) is 68.8 Å². The van der Waals surface area contributed by atoms with E-state index >= 15 is 0 Å². The van der Waals surface area contributed by atoms with Gasteiger partial charge in [0, 0.05) is 42.1 Å². The summed E-state index contributed by atoms with van der Waals surface area (Å²) in [5.41, 5.74) is 8.62. The number of pyridine rings is 1. The van der Waals surface area contributed by atoms with Crippen molar-refractivity contribution in [3.63, 3.8) is 0 Å². The van der Waals surface area contributed by atoms with Crippen LogP contribution in [0, 0.1) is 5.41 Å². The Morgan fingerprint density at radius 2 is 1.89 bits per heavy atom. The van der Waals surface area contributed by atoms with E-state index in [1.54, 1.807) is 19.3 Å². The van der Waals surface area contributed by atoms with Gasteiger partial charge in [-0.25, -0.2) is 9.97 Å². The van der Waals surface area contributed by atoms with E-state index in [-0.39, 0.29) is 31.6 Å². The number of benzene rings is 2. The molecule has 9 heteroatoms. The Bertz CT molecular complexity index is 1340.